The maximum absolute atomic E-state index is 11.5. The van der Waals surface area contributed by atoms with Crippen LogP contribution < -0.4 is 10.6 Å². The molecule has 5 nitrogen and oxygen atoms in total. The van der Waals surface area contributed by atoms with Gasteiger partial charge in [-0.3, -0.25) is 4.99 Å². The van der Waals surface area contributed by atoms with Crippen molar-refractivity contribution in [1.82, 2.24) is 10.6 Å². The molecule has 0 aromatic rings. The van der Waals surface area contributed by atoms with Crippen LogP contribution in [0.5, 0.6) is 0 Å². The summed E-state index contributed by atoms with van der Waals surface area (Å²) in [4.78, 5) is 4.54. The van der Waals surface area contributed by atoms with Crippen molar-refractivity contribution in [2.24, 2.45) is 10.9 Å². The third-order valence-corrected chi connectivity index (χ3v) is 5.98. The molecule has 2 fully saturated rings. The molecule has 1 aliphatic carbocycles. The Morgan fingerprint density at radius 3 is 2.62 bits per heavy atom. The van der Waals surface area contributed by atoms with E-state index in [0.717, 1.165) is 25.2 Å². The minimum absolute atomic E-state index is 0.144. The summed E-state index contributed by atoms with van der Waals surface area (Å²) in [6.07, 6.45) is 12.1. The molecule has 1 saturated heterocycles. The molecular formula is C15H25N3O2S. The van der Waals surface area contributed by atoms with E-state index in [0.29, 0.717) is 24.9 Å². The molecule has 0 amide bonds. The summed E-state index contributed by atoms with van der Waals surface area (Å²) in [6, 6.07) is 0.454. The van der Waals surface area contributed by atoms with Gasteiger partial charge in [-0.2, -0.15) is 0 Å². The SMILES string of the molecule is C#CCNC(=NCC1CCS(=O)(=O)C1)NC1CCCCC1. The van der Waals surface area contributed by atoms with Gasteiger partial charge >= 0.3 is 0 Å². The largest absolute Gasteiger partial charge is 0.354 e. The second kappa shape index (κ2) is 7.69. The van der Waals surface area contributed by atoms with Crippen LogP contribution in [-0.2, 0) is 9.84 Å². The van der Waals surface area contributed by atoms with Crippen molar-refractivity contribution >= 4 is 15.8 Å². The lowest BCUT2D eigenvalue weighted by atomic mass is 9.96. The minimum atomic E-state index is -2.83. The molecule has 0 radical (unpaired) electrons. The van der Waals surface area contributed by atoms with E-state index in [4.69, 9.17) is 6.42 Å². The number of sulfone groups is 1. The molecule has 21 heavy (non-hydrogen) atoms. The number of rotatable bonds is 4. The molecule has 0 bridgehead atoms. The first-order valence-corrected chi connectivity index (χ1v) is 9.60. The topological polar surface area (TPSA) is 70.6 Å². The van der Waals surface area contributed by atoms with E-state index in [1.165, 1.54) is 19.3 Å². The lowest BCUT2D eigenvalue weighted by molar-refractivity contribution is 0.410. The van der Waals surface area contributed by atoms with Crippen LogP contribution in [0.4, 0.5) is 0 Å². The van der Waals surface area contributed by atoms with E-state index in [-0.39, 0.29) is 11.7 Å². The Morgan fingerprint density at radius 2 is 2.00 bits per heavy atom. The molecule has 2 rings (SSSR count). The van der Waals surface area contributed by atoms with E-state index in [2.05, 4.69) is 21.5 Å². The smallest absolute Gasteiger partial charge is 0.192 e. The Morgan fingerprint density at radius 1 is 1.24 bits per heavy atom. The van der Waals surface area contributed by atoms with E-state index in [1.807, 2.05) is 0 Å². The molecule has 118 valence electrons. The zero-order valence-electron chi connectivity index (χ0n) is 12.5. The van der Waals surface area contributed by atoms with Crippen molar-refractivity contribution in [1.29, 1.82) is 0 Å². The predicted octanol–water partition coefficient (Wildman–Crippen LogP) is 0.922. The van der Waals surface area contributed by atoms with Crippen molar-refractivity contribution in [2.75, 3.05) is 24.6 Å². The highest BCUT2D eigenvalue weighted by molar-refractivity contribution is 7.91. The van der Waals surface area contributed by atoms with Gasteiger partial charge in [-0.15, -0.1) is 6.42 Å². The monoisotopic (exact) mass is 311 g/mol. The summed E-state index contributed by atoms with van der Waals surface area (Å²) in [5.74, 6) is 3.99. The van der Waals surface area contributed by atoms with Gasteiger partial charge in [0.2, 0.25) is 0 Å². The van der Waals surface area contributed by atoms with Crippen molar-refractivity contribution < 1.29 is 8.42 Å². The highest BCUT2D eigenvalue weighted by atomic mass is 32.2. The van der Waals surface area contributed by atoms with Gasteiger partial charge in [-0.05, 0) is 25.2 Å². The number of aliphatic imine (C=N–C) groups is 1. The van der Waals surface area contributed by atoms with Gasteiger partial charge in [0.15, 0.2) is 15.8 Å². The molecule has 1 unspecified atom stereocenters. The summed E-state index contributed by atoms with van der Waals surface area (Å²) >= 11 is 0. The zero-order valence-corrected chi connectivity index (χ0v) is 13.3. The van der Waals surface area contributed by atoms with Gasteiger partial charge in [0.1, 0.15) is 0 Å². The third-order valence-electron chi connectivity index (χ3n) is 4.14. The van der Waals surface area contributed by atoms with Crippen LogP contribution in [0.25, 0.3) is 0 Å². The minimum Gasteiger partial charge on any atom is -0.354 e. The molecule has 0 aromatic heterocycles. The Hall–Kier alpha value is -1.22. The first-order valence-electron chi connectivity index (χ1n) is 7.78. The zero-order chi connectivity index (χ0) is 15.1. The molecule has 1 atom stereocenters. The van der Waals surface area contributed by atoms with Crippen molar-refractivity contribution in [3.63, 3.8) is 0 Å². The number of guanidine groups is 1. The Bertz CT molecular complexity index is 502. The van der Waals surface area contributed by atoms with Gasteiger partial charge in [-0.1, -0.05) is 25.2 Å². The summed E-state index contributed by atoms with van der Waals surface area (Å²) in [5.41, 5.74) is 0. The highest BCUT2D eigenvalue weighted by Crippen LogP contribution is 2.19. The van der Waals surface area contributed by atoms with Crippen LogP contribution in [0, 0.1) is 18.3 Å². The van der Waals surface area contributed by atoms with Gasteiger partial charge in [-0.25, -0.2) is 8.42 Å². The lowest BCUT2D eigenvalue weighted by Crippen LogP contribution is -2.44. The van der Waals surface area contributed by atoms with Gasteiger partial charge in [0.05, 0.1) is 18.1 Å². The Kier molecular flexibility index (Phi) is 5.92. The fraction of sp³-hybridized carbons (Fsp3) is 0.800. The van der Waals surface area contributed by atoms with Crippen molar-refractivity contribution in [3.8, 4) is 12.3 Å². The molecule has 2 aliphatic rings. The van der Waals surface area contributed by atoms with Crippen molar-refractivity contribution in [2.45, 2.75) is 44.6 Å². The standard InChI is InChI=1S/C15H25N3O2S/c1-2-9-16-15(18-14-6-4-3-5-7-14)17-11-13-8-10-21(19,20)12-13/h1,13-14H,3-12H2,(H2,16,17,18). The highest BCUT2D eigenvalue weighted by Gasteiger charge is 2.27. The van der Waals surface area contributed by atoms with Gasteiger partial charge in [0, 0.05) is 12.6 Å². The quantitative estimate of drug-likeness (QED) is 0.460. The summed E-state index contributed by atoms with van der Waals surface area (Å²) < 4.78 is 22.9. The van der Waals surface area contributed by atoms with Gasteiger partial charge in [0.25, 0.3) is 0 Å². The molecule has 1 saturated carbocycles. The average molecular weight is 311 g/mol. The van der Waals surface area contributed by atoms with Crippen LogP contribution in [-0.4, -0.2) is 45.0 Å². The number of nitrogens with zero attached hydrogens (tertiary/aromatic N) is 1. The lowest BCUT2D eigenvalue weighted by Gasteiger charge is -2.25. The van der Waals surface area contributed by atoms with Gasteiger partial charge < -0.3 is 10.6 Å². The summed E-state index contributed by atoms with van der Waals surface area (Å²) in [5, 5.41) is 6.54. The predicted molar refractivity (Wildman–Crippen MR) is 85.9 cm³/mol. The molecule has 6 heteroatoms. The number of nitrogens with one attached hydrogen (secondary N) is 2. The van der Waals surface area contributed by atoms with Crippen LogP contribution in [0.2, 0.25) is 0 Å². The van der Waals surface area contributed by atoms with E-state index >= 15 is 0 Å². The molecule has 1 heterocycles. The van der Waals surface area contributed by atoms with Crippen LogP contribution >= 0.6 is 0 Å². The van der Waals surface area contributed by atoms with Crippen LogP contribution in [0.3, 0.4) is 0 Å². The molecule has 0 spiro atoms. The van der Waals surface area contributed by atoms with E-state index in [9.17, 15) is 8.42 Å². The molecule has 1 aliphatic heterocycles. The normalized spacial score (nSPS) is 26.2. The first kappa shape index (κ1) is 16.2. The summed E-state index contributed by atoms with van der Waals surface area (Å²) in [7, 11) is -2.83. The fourth-order valence-corrected chi connectivity index (χ4v) is 4.81. The molecule has 2 N–H and O–H groups in total. The number of hydrogen-bond donors (Lipinski definition) is 2. The third kappa shape index (κ3) is 5.58. The Balaban J connectivity index is 1.88. The Labute approximate surface area is 127 Å². The summed E-state index contributed by atoms with van der Waals surface area (Å²) in [6.45, 7) is 0.980. The second-order valence-electron chi connectivity index (χ2n) is 6.00. The van der Waals surface area contributed by atoms with Crippen LogP contribution in [0.15, 0.2) is 4.99 Å². The second-order valence-corrected chi connectivity index (χ2v) is 8.22. The number of hydrogen-bond acceptors (Lipinski definition) is 3. The van der Waals surface area contributed by atoms with E-state index in [1.54, 1.807) is 0 Å². The maximum atomic E-state index is 11.5. The molecular weight excluding hydrogens is 286 g/mol. The molecule has 0 aromatic carbocycles. The maximum Gasteiger partial charge on any atom is 0.192 e. The van der Waals surface area contributed by atoms with Crippen molar-refractivity contribution in [3.05, 3.63) is 0 Å². The number of terminal acetylenes is 1. The first-order chi connectivity index (χ1) is 10.1. The van der Waals surface area contributed by atoms with E-state index < -0.39 is 9.84 Å². The fourth-order valence-electron chi connectivity index (χ4n) is 2.96. The average Bonchev–Trinajstić information content (AvgIpc) is 2.82. The van der Waals surface area contributed by atoms with Crippen LogP contribution in [0.1, 0.15) is 38.5 Å².